The van der Waals surface area contributed by atoms with E-state index in [1.807, 2.05) is 30.5 Å². The number of hydrazine groups is 1. The summed E-state index contributed by atoms with van der Waals surface area (Å²) in [6, 6.07) is 12.6. The molecule has 0 radical (unpaired) electrons. The van der Waals surface area contributed by atoms with Crippen molar-refractivity contribution in [1.29, 1.82) is 0 Å². The van der Waals surface area contributed by atoms with Crippen molar-refractivity contribution in [3.63, 3.8) is 0 Å². The zero-order valence-corrected chi connectivity index (χ0v) is 13.4. The van der Waals surface area contributed by atoms with Crippen LogP contribution in [0.2, 0.25) is 0 Å². The van der Waals surface area contributed by atoms with E-state index in [0.717, 1.165) is 12.4 Å². The fraction of sp³-hybridized carbons (Fsp3) is 0.333. The van der Waals surface area contributed by atoms with Crippen LogP contribution in [0.1, 0.15) is 19.4 Å². The van der Waals surface area contributed by atoms with Crippen molar-refractivity contribution in [2.24, 2.45) is 5.84 Å². The number of benzene rings is 1. The molecule has 2 aromatic rings. The zero-order chi connectivity index (χ0) is 15.2. The lowest BCUT2D eigenvalue weighted by Gasteiger charge is -2.28. The lowest BCUT2D eigenvalue weighted by atomic mass is 10.2. The lowest BCUT2D eigenvalue weighted by Crippen LogP contribution is -2.31. The van der Waals surface area contributed by atoms with Crippen LogP contribution in [0.5, 0.6) is 0 Å². The van der Waals surface area contributed by atoms with Gasteiger partial charge in [0.1, 0.15) is 11.6 Å². The number of thioether (sulfide) groups is 1. The van der Waals surface area contributed by atoms with Crippen LogP contribution in [0.4, 0.5) is 11.6 Å². The van der Waals surface area contributed by atoms with Crippen molar-refractivity contribution in [2.75, 3.05) is 16.6 Å². The summed E-state index contributed by atoms with van der Waals surface area (Å²) in [7, 11) is 0. The molecule has 0 saturated heterocycles. The number of rotatable bonds is 6. The summed E-state index contributed by atoms with van der Waals surface area (Å²) >= 11 is 1.50. The maximum absolute atomic E-state index is 5.50. The molecule has 0 amide bonds. The highest BCUT2D eigenvalue weighted by molar-refractivity contribution is 7.98. The highest BCUT2D eigenvalue weighted by Gasteiger charge is 2.15. The Kier molecular flexibility index (Phi) is 5.41. The second-order valence-electron chi connectivity index (χ2n) is 4.95. The number of nitrogens with one attached hydrogen (secondary N) is 1. The minimum absolute atomic E-state index is 0.320. The highest BCUT2D eigenvalue weighted by atomic mass is 32.2. The van der Waals surface area contributed by atoms with Crippen LogP contribution < -0.4 is 16.2 Å². The van der Waals surface area contributed by atoms with Crippen molar-refractivity contribution in [2.45, 2.75) is 31.6 Å². The molecule has 0 aliphatic rings. The van der Waals surface area contributed by atoms with Crippen LogP contribution in [0.3, 0.4) is 0 Å². The van der Waals surface area contributed by atoms with Crippen molar-refractivity contribution in [3.05, 3.63) is 42.0 Å². The van der Waals surface area contributed by atoms with Crippen molar-refractivity contribution in [3.8, 4) is 0 Å². The van der Waals surface area contributed by atoms with Crippen molar-refractivity contribution in [1.82, 2.24) is 9.97 Å². The van der Waals surface area contributed by atoms with E-state index in [1.54, 1.807) is 0 Å². The Bertz CT molecular complexity index is 551. The molecule has 0 fully saturated rings. The number of nitrogens with two attached hydrogens (primary N) is 1. The normalized spacial score (nSPS) is 10.7. The molecule has 5 nitrogen and oxygen atoms in total. The second-order valence-corrected chi connectivity index (χ2v) is 5.72. The predicted octanol–water partition coefficient (Wildman–Crippen LogP) is 2.90. The zero-order valence-electron chi connectivity index (χ0n) is 12.6. The quantitative estimate of drug-likeness (QED) is 0.370. The molecule has 21 heavy (non-hydrogen) atoms. The molecule has 1 aromatic heterocycles. The van der Waals surface area contributed by atoms with Crippen LogP contribution in [0.15, 0.2) is 41.6 Å². The molecule has 0 bridgehead atoms. The molecular formula is C15H21N5S. The summed E-state index contributed by atoms with van der Waals surface area (Å²) in [5.41, 5.74) is 3.86. The molecule has 0 spiro atoms. The van der Waals surface area contributed by atoms with Gasteiger partial charge >= 0.3 is 0 Å². The number of hydrogen-bond donors (Lipinski definition) is 2. The maximum atomic E-state index is 5.50. The summed E-state index contributed by atoms with van der Waals surface area (Å²) < 4.78 is 0. The molecule has 1 heterocycles. The first kappa shape index (κ1) is 15.6. The van der Waals surface area contributed by atoms with E-state index in [0.29, 0.717) is 17.0 Å². The second kappa shape index (κ2) is 7.28. The van der Waals surface area contributed by atoms with Gasteiger partial charge in [0.05, 0.1) is 0 Å². The van der Waals surface area contributed by atoms with Crippen LogP contribution >= 0.6 is 11.8 Å². The van der Waals surface area contributed by atoms with E-state index >= 15 is 0 Å². The number of anilines is 2. The Morgan fingerprint density at radius 1 is 1.24 bits per heavy atom. The fourth-order valence-corrected chi connectivity index (χ4v) is 2.41. The minimum Gasteiger partial charge on any atom is -0.350 e. The molecule has 0 aliphatic heterocycles. The van der Waals surface area contributed by atoms with Gasteiger partial charge in [0.2, 0.25) is 0 Å². The van der Waals surface area contributed by atoms with E-state index in [4.69, 9.17) is 5.84 Å². The van der Waals surface area contributed by atoms with E-state index in [9.17, 15) is 0 Å². The maximum Gasteiger partial charge on any atom is 0.191 e. The standard InChI is InChI=1S/C15H21N5S/c1-11(2)20(10-12-7-5-4-6-8-12)14-9-13(19-16)17-15(18-14)21-3/h4-9,11H,10,16H2,1-3H3,(H,17,18,19). The van der Waals surface area contributed by atoms with Gasteiger partial charge < -0.3 is 10.3 Å². The Labute approximate surface area is 129 Å². The minimum atomic E-state index is 0.320. The molecule has 0 aliphatic carbocycles. The van der Waals surface area contributed by atoms with Crippen molar-refractivity contribution >= 4 is 23.4 Å². The molecular weight excluding hydrogens is 282 g/mol. The summed E-state index contributed by atoms with van der Waals surface area (Å²) in [6.45, 7) is 5.10. The van der Waals surface area contributed by atoms with Gasteiger partial charge in [0.15, 0.2) is 5.16 Å². The first-order chi connectivity index (χ1) is 10.1. The van der Waals surface area contributed by atoms with Gasteiger partial charge in [-0.25, -0.2) is 15.8 Å². The molecule has 0 atom stereocenters. The van der Waals surface area contributed by atoms with Crippen LogP contribution in [0, 0.1) is 0 Å². The summed E-state index contributed by atoms with van der Waals surface area (Å²) in [6.07, 6.45) is 1.95. The molecule has 112 valence electrons. The summed E-state index contributed by atoms with van der Waals surface area (Å²) in [4.78, 5) is 11.1. The van der Waals surface area contributed by atoms with Gasteiger partial charge in [-0.1, -0.05) is 42.1 Å². The SMILES string of the molecule is CSc1nc(NN)cc(N(Cc2ccccc2)C(C)C)n1. The summed E-state index contributed by atoms with van der Waals surface area (Å²) in [5.74, 6) is 7.01. The average molecular weight is 303 g/mol. The van der Waals surface area contributed by atoms with Gasteiger partial charge in [-0.05, 0) is 25.7 Å². The largest absolute Gasteiger partial charge is 0.350 e. The van der Waals surface area contributed by atoms with Gasteiger partial charge in [0, 0.05) is 18.7 Å². The molecule has 0 saturated carbocycles. The number of aromatic nitrogens is 2. The third-order valence-corrected chi connectivity index (χ3v) is 3.68. The number of nitrogens with zero attached hydrogens (tertiary/aromatic N) is 3. The Morgan fingerprint density at radius 2 is 1.95 bits per heavy atom. The van der Waals surface area contributed by atoms with E-state index in [1.165, 1.54) is 17.3 Å². The molecule has 6 heteroatoms. The van der Waals surface area contributed by atoms with Gasteiger partial charge in [-0.3, -0.25) is 0 Å². The number of nitrogen functional groups attached to an aromatic ring is 1. The Hall–Kier alpha value is -1.79. The molecule has 1 aromatic carbocycles. The first-order valence-corrected chi connectivity index (χ1v) is 8.06. The van der Waals surface area contributed by atoms with Crippen LogP contribution in [0.25, 0.3) is 0 Å². The third-order valence-electron chi connectivity index (χ3n) is 3.14. The smallest absolute Gasteiger partial charge is 0.191 e. The molecule has 2 rings (SSSR count). The van der Waals surface area contributed by atoms with Gasteiger partial charge in [-0.2, -0.15) is 0 Å². The van der Waals surface area contributed by atoms with Crippen LogP contribution in [-0.4, -0.2) is 22.3 Å². The third kappa shape index (κ3) is 4.09. The monoisotopic (exact) mass is 303 g/mol. The lowest BCUT2D eigenvalue weighted by molar-refractivity contribution is 0.666. The van der Waals surface area contributed by atoms with E-state index in [2.05, 4.69) is 46.3 Å². The summed E-state index contributed by atoms with van der Waals surface area (Å²) in [5, 5.41) is 0.708. The fourth-order valence-electron chi connectivity index (χ4n) is 2.03. The Morgan fingerprint density at radius 3 is 2.52 bits per heavy atom. The predicted molar refractivity (Wildman–Crippen MR) is 89.4 cm³/mol. The van der Waals surface area contributed by atoms with Gasteiger partial charge in [-0.15, -0.1) is 0 Å². The van der Waals surface area contributed by atoms with Crippen molar-refractivity contribution < 1.29 is 0 Å². The first-order valence-electron chi connectivity index (χ1n) is 6.84. The average Bonchev–Trinajstić information content (AvgIpc) is 2.52. The van der Waals surface area contributed by atoms with Gasteiger partial charge in [0.25, 0.3) is 0 Å². The van der Waals surface area contributed by atoms with E-state index < -0.39 is 0 Å². The van der Waals surface area contributed by atoms with Crippen LogP contribution in [-0.2, 0) is 6.54 Å². The molecule has 0 unspecified atom stereocenters. The topological polar surface area (TPSA) is 67.1 Å². The molecule has 3 N–H and O–H groups in total. The Balaban J connectivity index is 2.33. The highest BCUT2D eigenvalue weighted by Crippen LogP contribution is 2.23. The van der Waals surface area contributed by atoms with E-state index in [-0.39, 0.29) is 0 Å². The number of hydrogen-bond acceptors (Lipinski definition) is 6.